The molecule has 0 aliphatic rings. The van der Waals surface area contributed by atoms with Crippen molar-refractivity contribution in [1.29, 1.82) is 0 Å². The van der Waals surface area contributed by atoms with Gasteiger partial charge >= 0.3 is 5.97 Å². The number of hydrogen-bond donors (Lipinski definition) is 0. The summed E-state index contributed by atoms with van der Waals surface area (Å²) in [5, 5.41) is 0. The van der Waals surface area contributed by atoms with Gasteiger partial charge in [0.2, 0.25) is 5.88 Å². The van der Waals surface area contributed by atoms with Crippen LogP contribution in [0.5, 0.6) is 17.4 Å². The van der Waals surface area contributed by atoms with Crippen LogP contribution in [0.2, 0.25) is 0 Å². The molecule has 6 heteroatoms. The molecule has 0 fully saturated rings. The Morgan fingerprint density at radius 1 is 1.17 bits per heavy atom. The van der Waals surface area contributed by atoms with E-state index in [0.717, 1.165) is 5.65 Å². The number of rotatable bonds is 6. The van der Waals surface area contributed by atoms with Gasteiger partial charge in [-0.1, -0.05) is 6.07 Å². The molecule has 0 bridgehead atoms. The summed E-state index contributed by atoms with van der Waals surface area (Å²) in [6.45, 7) is 3.74. The van der Waals surface area contributed by atoms with E-state index < -0.39 is 6.10 Å². The van der Waals surface area contributed by atoms with Crippen molar-refractivity contribution in [3.8, 4) is 17.4 Å². The van der Waals surface area contributed by atoms with Gasteiger partial charge in [0.15, 0.2) is 6.10 Å². The van der Waals surface area contributed by atoms with Crippen LogP contribution in [0.15, 0.2) is 54.9 Å². The highest BCUT2D eigenvalue weighted by atomic mass is 16.6. The molecular weight excluding hydrogens is 308 g/mol. The molecule has 124 valence electrons. The number of fused-ring (bicyclic) bond motifs is 1. The van der Waals surface area contributed by atoms with Gasteiger partial charge in [-0.05, 0) is 50.2 Å². The Hall–Kier alpha value is -3.02. The zero-order valence-electron chi connectivity index (χ0n) is 13.5. The Balaban J connectivity index is 1.65. The van der Waals surface area contributed by atoms with Gasteiger partial charge in [0.05, 0.1) is 12.8 Å². The number of hydrogen-bond acceptors (Lipinski definition) is 5. The van der Waals surface area contributed by atoms with Gasteiger partial charge in [0.1, 0.15) is 17.1 Å². The van der Waals surface area contributed by atoms with Crippen molar-refractivity contribution < 1.29 is 19.0 Å². The summed E-state index contributed by atoms with van der Waals surface area (Å²) in [4.78, 5) is 15.9. The molecule has 0 spiro atoms. The molecule has 0 aliphatic heterocycles. The van der Waals surface area contributed by atoms with Crippen molar-refractivity contribution in [3.05, 3.63) is 54.9 Å². The second-order valence-electron chi connectivity index (χ2n) is 5.13. The lowest BCUT2D eigenvalue weighted by Gasteiger charge is -2.13. The molecule has 1 unspecified atom stereocenters. The first-order valence-corrected chi connectivity index (χ1v) is 7.70. The number of nitrogens with zero attached hydrogens (tertiary/aromatic N) is 2. The molecule has 0 aliphatic carbocycles. The van der Waals surface area contributed by atoms with E-state index in [1.807, 2.05) is 35.0 Å². The van der Waals surface area contributed by atoms with Crippen molar-refractivity contribution >= 4 is 11.6 Å². The zero-order chi connectivity index (χ0) is 16.9. The van der Waals surface area contributed by atoms with Gasteiger partial charge in [0, 0.05) is 6.20 Å². The van der Waals surface area contributed by atoms with Gasteiger partial charge in [0.25, 0.3) is 0 Å². The molecule has 3 aromatic rings. The van der Waals surface area contributed by atoms with Crippen LogP contribution in [0.1, 0.15) is 13.8 Å². The van der Waals surface area contributed by atoms with E-state index in [9.17, 15) is 4.79 Å². The minimum atomic E-state index is -0.657. The SMILES string of the molecule is CCOC(=O)C(C)Oc1ccc(Oc2cn3ccccc3n2)cc1. The fourth-order valence-electron chi connectivity index (χ4n) is 2.18. The number of carbonyl (C=O) groups excluding carboxylic acids is 1. The lowest BCUT2D eigenvalue weighted by molar-refractivity contribution is -0.150. The standard InChI is InChI=1S/C18H18N2O4/c1-3-22-18(21)13(2)23-14-7-9-15(10-8-14)24-17-12-20-11-5-4-6-16(20)19-17/h4-13H,3H2,1-2H3. The zero-order valence-corrected chi connectivity index (χ0v) is 13.5. The maximum atomic E-state index is 11.6. The molecule has 0 N–H and O–H groups in total. The molecule has 0 saturated heterocycles. The van der Waals surface area contributed by atoms with Crippen LogP contribution >= 0.6 is 0 Å². The lowest BCUT2D eigenvalue weighted by atomic mass is 10.3. The average Bonchev–Trinajstić information content (AvgIpc) is 2.99. The first-order chi connectivity index (χ1) is 11.7. The third kappa shape index (κ3) is 3.65. The van der Waals surface area contributed by atoms with Crippen molar-refractivity contribution in [2.24, 2.45) is 0 Å². The van der Waals surface area contributed by atoms with Crippen LogP contribution in [0.25, 0.3) is 5.65 Å². The molecule has 0 amide bonds. The normalized spacial score (nSPS) is 11.9. The van der Waals surface area contributed by atoms with Crippen molar-refractivity contribution in [2.75, 3.05) is 6.61 Å². The summed E-state index contributed by atoms with van der Waals surface area (Å²) in [5.41, 5.74) is 0.815. The monoisotopic (exact) mass is 326 g/mol. The molecule has 24 heavy (non-hydrogen) atoms. The van der Waals surface area contributed by atoms with E-state index in [0.29, 0.717) is 24.0 Å². The number of imidazole rings is 1. The van der Waals surface area contributed by atoms with Crippen LogP contribution in [0, 0.1) is 0 Å². The number of carbonyl (C=O) groups is 1. The van der Waals surface area contributed by atoms with Gasteiger partial charge in [-0.2, -0.15) is 4.98 Å². The summed E-state index contributed by atoms with van der Waals surface area (Å²) in [6, 6.07) is 12.7. The van der Waals surface area contributed by atoms with E-state index in [1.165, 1.54) is 0 Å². The summed E-state index contributed by atoms with van der Waals surface area (Å²) in [6.07, 6.45) is 3.06. The number of ether oxygens (including phenoxy) is 3. The largest absolute Gasteiger partial charge is 0.479 e. The first-order valence-electron chi connectivity index (χ1n) is 7.70. The molecule has 0 saturated carbocycles. The van der Waals surface area contributed by atoms with Crippen LogP contribution in [-0.4, -0.2) is 28.1 Å². The van der Waals surface area contributed by atoms with Crippen molar-refractivity contribution in [3.63, 3.8) is 0 Å². The Bertz CT molecular complexity index is 793. The highest BCUT2D eigenvalue weighted by Crippen LogP contribution is 2.24. The lowest BCUT2D eigenvalue weighted by Crippen LogP contribution is -2.25. The summed E-state index contributed by atoms with van der Waals surface area (Å²) < 4.78 is 18.1. The van der Waals surface area contributed by atoms with Crippen molar-refractivity contribution in [2.45, 2.75) is 20.0 Å². The predicted molar refractivity (Wildman–Crippen MR) is 88.4 cm³/mol. The second kappa shape index (κ2) is 7.04. The third-order valence-electron chi connectivity index (χ3n) is 3.32. The van der Waals surface area contributed by atoms with Gasteiger partial charge in [-0.3, -0.25) is 0 Å². The summed E-state index contributed by atoms with van der Waals surface area (Å²) in [7, 11) is 0. The van der Waals surface area contributed by atoms with Crippen LogP contribution < -0.4 is 9.47 Å². The Morgan fingerprint density at radius 2 is 1.92 bits per heavy atom. The maximum Gasteiger partial charge on any atom is 0.347 e. The molecular formula is C18H18N2O4. The highest BCUT2D eigenvalue weighted by molar-refractivity contribution is 5.74. The first kappa shape index (κ1) is 15.9. The molecule has 1 aromatic carbocycles. The van der Waals surface area contributed by atoms with Crippen molar-refractivity contribution in [1.82, 2.24) is 9.38 Å². The molecule has 3 rings (SSSR count). The number of pyridine rings is 1. The molecule has 1 atom stereocenters. The maximum absolute atomic E-state index is 11.6. The van der Waals surface area contributed by atoms with Gasteiger partial charge < -0.3 is 18.6 Å². The number of aromatic nitrogens is 2. The molecule has 2 heterocycles. The fraction of sp³-hybridized carbons (Fsp3) is 0.222. The summed E-state index contributed by atoms with van der Waals surface area (Å²) in [5.74, 6) is 1.32. The van der Waals surface area contributed by atoms with Crippen LogP contribution in [-0.2, 0) is 9.53 Å². The summed E-state index contributed by atoms with van der Waals surface area (Å²) >= 11 is 0. The van der Waals surface area contributed by atoms with Gasteiger partial charge in [-0.15, -0.1) is 0 Å². The van der Waals surface area contributed by atoms with E-state index >= 15 is 0 Å². The van der Waals surface area contributed by atoms with E-state index in [1.54, 1.807) is 38.1 Å². The third-order valence-corrected chi connectivity index (χ3v) is 3.32. The number of benzene rings is 1. The van der Waals surface area contributed by atoms with E-state index in [-0.39, 0.29) is 5.97 Å². The fourth-order valence-corrected chi connectivity index (χ4v) is 2.18. The Kier molecular flexibility index (Phi) is 4.65. The smallest absolute Gasteiger partial charge is 0.347 e. The average molecular weight is 326 g/mol. The van der Waals surface area contributed by atoms with E-state index in [4.69, 9.17) is 14.2 Å². The minimum absolute atomic E-state index is 0.332. The Labute approximate surface area is 139 Å². The predicted octanol–water partition coefficient (Wildman–Crippen LogP) is 3.46. The van der Waals surface area contributed by atoms with Crippen LogP contribution in [0.4, 0.5) is 0 Å². The number of esters is 1. The molecule has 2 aromatic heterocycles. The highest BCUT2D eigenvalue weighted by Gasteiger charge is 2.15. The Morgan fingerprint density at radius 3 is 2.62 bits per heavy atom. The van der Waals surface area contributed by atoms with Crippen LogP contribution in [0.3, 0.4) is 0 Å². The molecule has 0 radical (unpaired) electrons. The quantitative estimate of drug-likeness (QED) is 0.649. The van der Waals surface area contributed by atoms with E-state index in [2.05, 4.69) is 4.98 Å². The second-order valence-corrected chi connectivity index (χ2v) is 5.13. The molecule has 6 nitrogen and oxygen atoms in total. The minimum Gasteiger partial charge on any atom is -0.479 e. The topological polar surface area (TPSA) is 62.1 Å². The van der Waals surface area contributed by atoms with Gasteiger partial charge in [-0.25, -0.2) is 4.79 Å².